The Morgan fingerprint density at radius 1 is 1.45 bits per heavy atom. The lowest BCUT2D eigenvalue weighted by atomic mass is 10.4. The number of rotatable bonds is 4. The maximum absolute atomic E-state index is 9.97. The van der Waals surface area contributed by atoms with Crippen molar-refractivity contribution in [3.63, 3.8) is 0 Å². The molecule has 4 N–H and O–H groups in total. The van der Waals surface area contributed by atoms with Gasteiger partial charge in [0.2, 0.25) is 0 Å². The average Bonchev–Trinajstić information content (AvgIpc) is 2.01. The molecule has 0 saturated carbocycles. The normalized spacial score (nSPS) is 12.8. The fourth-order valence-corrected chi connectivity index (χ4v) is 0.432. The molecule has 0 atom stereocenters. The third-order valence-corrected chi connectivity index (χ3v) is 0.887. The Labute approximate surface area is 65.5 Å². The molecular formula is C7H12N2O2. The van der Waals surface area contributed by atoms with Gasteiger partial charge in [0.15, 0.2) is 12.2 Å². The molecule has 11 heavy (non-hydrogen) atoms. The van der Waals surface area contributed by atoms with Crippen molar-refractivity contribution in [3.8, 4) is 0 Å². The molecule has 0 aromatic heterocycles. The molecule has 62 valence electrons. The van der Waals surface area contributed by atoms with Gasteiger partial charge < -0.3 is 16.2 Å². The van der Waals surface area contributed by atoms with Gasteiger partial charge in [0.1, 0.15) is 0 Å². The molecule has 0 rings (SSSR count). The zero-order chi connectivity index (χ0) is 8.69. The smallest absolute Gasteiger partial charge is 0.183 e. The molecule has 0 aromatic rings. The third-order valence-electron chi connectivity index (χ3n) is 0.887. The van der Waals surface area contributed by atoms with Crippen LogP contribution in [0.25, 0.3) is 0 Å². The lowest BCUT2D eigenvalue weighted by molar-refractivity contribution is -0.104. The predicted molar refractivity (Wildman–Crippen MR) is 42.2 cm³/mol. The summed E-state index contributed by atoms with van der Waals surface area (Å²) in [5, 5.41) is 0. The summed E-state index contributed by atoms with van der Waals surface area (Å²) in [6.07, 6.45) is 3.36. The Bertz CT molecular complexity index is 185. The molecule has 0 aliphatic rings. The van der Waals surface area contributed by atoms with Gasteiger partial charge in [-0.3, -0.25) is 4.79 Å². The van der Waals surface area contributed by atoms with Crippen molar-refractivity contribution >= 4 is 6.29 Å². The Balaban J connectivity index is 3.99. The van der Waals surface area contributed by atoms with Gasteiger partial charge in [0, 0.05) is 0 Å². The van der Waals surface area contributed by atoms with Crippen molar-refractivity contribution in [2.45, 2.75) is 6.92 Å². The number of hydrogen-bond donors (Lipinski definition) is 2. The number of aldehydes is 1. The van der Waals surface area contributed by atoms with Crippen molar-refractivity contribution in [3.05, 3.63) is 23.7 Å². The van der Waals surface area contributed by atoms with Crippen LogP contribution in [0.1, 0.15) is 6.92 Å². The molecule has 4 nitrogen and oxygen atoms in total. The number of hydrogen-bond acceptors (Lipinski definition) is 4. The quantitative estimate of drug-likeness (QED) is 0.257. The fraction of sp³-hybridized carbons (Fsp3) is 0.286. The van der Waals surface area contributed by atoms with E-state index in [9.17, 15) is 4.79 Å². The maximum atomic E-state index is 9.97. The van der Waals surface area contributed by atoms with Crippen LogP contribution >= 0.6 is 0 Å². The molecule has 0 fully saturated rings. The Hall–Kier alpha value is -1.45. The molecule has 0 aromatic carbocycles. The van der Waals surface area contributed by atoms with Gasteiger partial charge in [-0.25, -0.2) is 0 Å². The Morgan fingerprint density at radius 2 is 2.09 bits per heavy atom. The second-order valence-electron chi connectivity index (χ2n) is 1.79. The van der Waals surface area contributed by atoms with E-state index in [1.807, 2.05) is 6.92 Å². The van der Waals surface area contributed by atoms with E-state index in [-0.39, 0.29) is 11.6 Å². The number of ether oxygens (including phenoxy) is 1. The fourth-order valence-electron chi connectivity index (χ4n) is 0.432. The summed E-state index contributed by atoms with van der Waals surface area (Å²) in [7, 11) is 0. The van der Waals surface area contributed by atoms with Crippen LogP contribution in [0.3, 0.4) is 0 Å². The van der Waals surface area contributed by atoms with E-state index < -0.39 is 0 Å². The topological polar surface area (TPSA) is 78.3 Å². The second-order valence-corrected chi connectivity index (χ2v) is 1.79. The third kappa shape index (κ3) is 5.02. The van der Waals surface area contributed by atoms with E-state index in [1.54, 1.807) is 0 Å². The first-order valence-electron chi connectivity index (χ1n) is 3.21. The SMILES string of the molecule is CCO/C(N)=C/C=C(\N)C=O. The molecule has 0 heterocycles. The van der Waals surface area contributed by atoms with E-state index in [4.69, 9.17) is 16.2 Å². The molecule has 0 aliphatic carbocycles. The molecule has 0 amide bonds. The van der Waals surface area contributed by atoms with Crippen LogP contribution in [0.5, 0.6) is 0 Å². The molecule has 0 aliphatic heterocycles. The largest absolute Gasteiger partial charge is 0.480 e. The molecule has 0 radical (unpaired) electrons. The van der Waals surface area contributed by atoms with Crippen LogP contribution in [-0.2, 0) is 9.53 Å². The van der Waals surface area contributed by atoms with Crippen molar-refractivity contribution in [2.75, 3.05) is 6.61 Å². The number of carbonyl (C=O) groups is 1. The van der Waals surface area contributed by atoms with E-state index >= 15 is 0 Å². The van der Waals surface area contributed by atoms with Crippen LogP contribution in [0, 0.1) is 0 Å². The summed E-state index contributed by atoms with van der Waals surface area (Å²) < 4.78 is 4.86. The summed E-state index contributed by atoms with van der Waals surface area (Å²) in [4.78, 5) is 9.97. The average molecular weight is 156 g/mol. The zero-order valence-electron chi connectivity index (χ0n) is 6.41. The van der Waals surface area contributed by atoms with Crippen molar-refractivity contribution < 1.29 is 9.53 Å². The minimum Gasteiger partial charge on any atom is -0.480 e. The standard InChI is InChI=1S/C7H12N2O2/c1-2-11-7(9)4-3-6(8)5-10/h3-5H,2,8-9H2,1H3/b6-3-,7-4+. The molecule has 0 spiro atoms. The molecule has 0 saturated heterocycles. The van der Waals surface area contributed by atoms with Crippen LogP contribution in [0.4, 0.5) is 0 Å². The van der Waals surface area contributed by atoms with Crippen LogP contribution < -0.4 is 11.5 Å². The van der Waals surface area contributed by atoms with Crippen LogP contribution in [-0.4, -0.2) is 12.9 Å². The lowest BCUT2D eigenvalue weighted by Gasteiger charge is -1.98. The number of nitrogens with two attached hydrogens (primary N) is 2. The number of allylic oxidation sites excluding steroid dienone is 3. The van der Waals surface area contributed by atoms with E-state index in [2.05, 4.69) is 0 Å². The van der Waals surface area contributed by atoms with E-state index in [0.717, 1.165) is 0 Å². The lowest BCUT2D eigenvalue weighted by Crippen LogP contribution is -2.02. The second kappa shape index (κ2) is 5.34. The monoisotopic (exact) mass is 156 g/mol. The van der Waals surface area contributed by atoms with Gasteiger partial charge in [0.25, 0.3) is 0 Å². The summed E-state index contributed by atoms with van der Waals surface area (Å²) in [6, 6.07) is 0. The van der Waals surface area contributed by atoms with Gasteiger partial charge in [0.05, 0.1) is 12.3 Å². The van der Waals surface area contributed by atoms with Crippen molar-refractivity contribution in [2.24, 2.45) is 11.5 Å². The summed E-state index contributed by atoms with van der Waals surface area (Å²) in [5.74, 6) is 0.248. The van der Waals surface area contributed by atoms with Crippen molar-refractivity contribution in [1.82, 2.24) is 0 Å². The van der Waals surface area contributed by atoms with E-state index in [1.165, 1.54) is 12.2 Å². The first-order chi connectivity index (χ1) is 5.20. The minimum absolute atomic E-state index is 0.118. The zero-order valence-corrected chi connectivity index (χ0v) is 6.41. The van der Waals surface area contributed by atoms with Crippen molar-refractivity contribution in [1.29, 1.82) is 0 Å². The summed E-state index contributed by atoms with van der Waals surface area (Å²) in [5.41, 5.74) is 10.6. The van der Waals surface area contributed by atoms with Crippen LogP contribution in [0.15, 0.2) is 23.7 Å². The summed E-state index contributed by atoms with van der Waals surface area (Å²) >= 11 is 0. The number of carbonyl (C=O) groups excluding carboxylic acids is 1. The maximum Gasteiger partial charge on any atom is 0.183 e. The van der Waals surface area contributed by atoms with E-state index in [0.29, 0.717) is 12.9 Å². The highest BCUT2D eigenvalue weighted by molar-refractivity contribution is 5.72. The van der Waals surface area contributed by atoms with Gasteiger partial charge in [-0.15, -0.1) is 0 Å². The van der Waals surface area contributed by atoms with Crippen LogP contribution in [0.2, 0.25) is 0 Å². The molecule has 0 unspecified atom stereocenters. The minimum atomic E-state index is 0.118. The first kappa shape index (κ1) is 9.55. The highest BCUT2D eigenvalue weighted by Gasteiger charge is 1.85. The molecule has 0 bridgehead atoms. The molecule has 4 heteroatoms. The predicted octanol–water partition coefficient (Wildman–Crippen LogP) is -0.136. The van der Waals surface area contributed by atoms with Gasteiger partial charge in [-0.1, -0.05) is 0 Å². The van der Waals surface area contributed by atoms with Gasteiger partial charge in [-0.2, -0.15) is 0 Å². The summed E-state index contributed by atoms with van der Waals surface area (Å²) in [6.45, 7) is 2.31. The van der Waals surface area contributed by atoms with Gasteiger partial charge in [-0.05, 0) is 19.1 Å². The Kier molecular flexibility index (Phi) is 4.64. The Morgan fingerprint density at radius 3 is 2.55 bits per heavy atom. The first-order valence-corrected chi connectivity index (χ1v) is 3.21. The van der Waals surface area contributed by atoms with Gasteiger partial charge >= 0.3 is 0 Å². The highest BCUT2D eigenvalue weighted by Crippen LogP contribution is 1.88. The molecular weight excluding hydrogens is 144 g/mol. The highest BCUT2D eigenvalue weighted by atomic mass is 16.5.